The van der Waals surface area contributed by atoms with E-state index in [-0.39, 0.29) is 27.3 Å². The average Bonchev–Trinajstić information content (AvgIpc) is 3.33. The Balaban J connectivity index is 1.87. The Morgan fingerprint density at radius 3 is 2.47 bits per heavy atom. The van der Waals surface area contributed by atoms with Gasteiger partial charge in [-0.15, -0.1) is 11.3 Å². The van der Waals surface area contributed by atoms with Crippen LogP contribution < -0.4 is 10.1 Å². The third kappa shape index (κ3) is 7.14. The van der Waals surface area contributed by atoms with Gasteiger partial charge in [-0.3, -0.25) is 10.1 Å². The van der Waals surface area contributed by atoms with Crippen LogP contribution in [0.3, 0.4) is 0 Å². The number of amides is 1. The van der Waals surface area contributed by atoms with Crippen molar-refractivity contribution in [3.8, 4) is 17.0 Å². The number of ether oxygens (including phenoxy) is 2. The molecule has 2 N–H and O–H groups in total. The number of para-hydroxylation sites is 1. The van der Waals surface area contributed by atoms with Crippen LogP contribution in [-0.2, 0) is 9.53 Å². The summed E-state index contributed by atoms with van der Waals surface area (Å²) in [5.74, 6) is -0.411. The zero-order valence-corrected chi connectivity index (χ0v) is 24.1. The number of nitrogens with one attached hydrogen (secondary N) is 1. The van der Waals surface area contributed by atoms with Crippen LogP contribution in [0, 0.1) is 5.92 Å². The second-order valence-corrected chi connectivity index (χ2v) is 10.7. The third-order valence-electron chi connectivity index (χ3n) is 5.69. The van der Waals surface area contributed by atoms with Crippen molar-refractivity contribution in [2.24, 2.45) is 5.92 Å². The Morgan fingerprint density at radius 2 is 1.89 bits per heavy atom. The van der Waals surface area contributed by atoms with Crippen molar-refractivity contribution in [2.75, 3.05) is 19.0 Å². The van der Waals surface area contributed by atoms with Crippen LogP contribution >= 0.6 is 34.5 Å². The topological polar surface area (TPSA) is 97.8 Å². The number of aromatic nitrogens is 1. The summed E-state index contributed by atoms with van der Waals surface area (Å²) in [6, 6.07) is 8.75. The largest absolute Gasteiger partial charge is 0.496 e. The van der Waals surface area contributed by atoms with Crippen LogP contribution in [0.4, 0.5) is 5.13 Å². The van der Waals surface area contributed by atoms with Crippen LogP contribution in [0.5, 0.6) is 5.75 Å². The molecule has 1 aromatic heterocycles. The number of nitrogens with zero attached hydrogens (tertiary/aromatic N) is 1. The molecule has 0 aliphatic carbocycles. The highest BCUT2D eigenvalue weighted by molar-refractivity contribution is 7.14. The summed E-state index contributed by atoms with van der Waals surface area (Å²) in [7, 11) is 1.63. The fourth-order valence-corrected chi connectivity index (χ4v) is 5.21. The molecule has 1 amide bonds. The normalized spacial score (nSPS) is 12.5. The van der Waals surface area contributed by atoms with Gasteiger partial charge in [0, 0.05) is 39.8 Å². The standard InChI is InChI=1S/C28H30Cl2N2O5S/c1-6-37-24(10-15(2)3)19-9-7-8-18(25(19)36-5)23-14-38-28(31-23)32-26(33)17-12-21(29)20(22(30)13-17)11-16(4)27(34)35/h7-9,11-15,24H,6,10H2,1-5H3,(H,34,35)(H,31,32,33)/t24-/m0/s1. The van der Waals surface area contributed by atoms with Gasteiger partial charge >= 0.3 is 5.97 Å². The monoisotopic (exact) mass is 576 g/mol. The molecule has 0 radical (unpaired) electrons. The zero-order chi connectivity index (χ0) is 28.0. The number of thiazole rings is 1. The molecule has 1 atom stereocenters. The average molecular weight is 578 g/mol. The van der Waals surface area contributed by atoms with Crippen LogP contribution in [0.25, 0.3) is 17.3 Å². The molecule has 38 heavy (non-hydrogen) atoms. The Labute approximate surface area is 236 Å². The number of carbonyl (C=O) groups excluding carboxylic acids is 1. The minimum Gasteiger partial charge on any atom is -0.496 e. The Hall–Kier alpha value is -2.91. The van der Waals surface area contributed by atoms with Crippen molar-refractivity contribution in [3.63, 3.8) is 0 Å². The van der Waals surface area contributed by atoms with E-state index in [2.05, 4.69) is 24.1 Å². The Morgan fingerprint density at radius 1 is 1.21 bits per heavy atom. The van der Waals surface area contributed by atoms with Crippen molar-refractivity contribution >= 4 is 57.6 Å². The molecule has 7 nitrogen and oxygen atoms in total. The van der Waals surface area contributed by atoms with Crippen molar-refractivity contribution in [2.45, 2.75) is 40.2 Å². The predicted molar refractivity (Wildman–Crippen MR) is 154 cm³/mol. The fraction of sp³-hybridized carbons (Fsp3) is 0.321. The molecule has 0 fully saturated rings. The first-order valence-corrected chi connectivity index (χ1v) is 13.7. The SMILES string of the molecule is CCO[C@@H](CC(C)C)c1cccc(-c2csc(NC(=O)c3cc(Cl)c(C=C(C)C(=O)O)c(Cl)c3)n2)c1OC. The van der Waals surface area contributed by atoms with Gasteiger partial charge in [0.15, 0.2) is 5.13 Å². The maximum Gasteiger partial charge on any atom is 0.331 e. The summed E-state index contributed by atoms with van der Waals surface area (Å²) in [6.45, 7) is 8.30. The van der Waals surface area contributed by atoms with E-state index in [9.17, 15) is 9.59 Å². The lowest BCUT2D eigenvalue weighted by Crippen LogP contribution is -2.12. The number of benzene rings is 2. The summed E-state index contributed by atoms with van der Waals surface area (Å²) in [4.78, 5) is 28.7. The fourth-order valence-electron chi connectivity index (χ4n) is 3.91. The van der Waals surface area contributed by atoms with Gasteiger partial charge in [-0.25, -0.2) is 9.78 Å². The van der Waals surface area contributed by atoms with E-state index in [0.29, 0.717) is 34.7 Å². The predicted octanol–water partition coefficient (Wildman–Crippen LogP) is 7.99. The number of anilines is 1. The maximum absolute atomic E-state index is 12.9. The van der Waals surface area contributed by atoms with E-state index in [1.165, 1.54) is 36.5 Å². The summed E-state index contributed by atoms with van der Waals surface area (Å²) in [5, 5.41) is 14.4. The van der Waals surface area contributed by atoms with Gasteiger partial charge < -0.3 is 14.6 Å². The van der Waals surface area contributed by atoms with E-state index in [4.69, 9.17) is 37.8 Å². The van der Waals surface area contributed by atoms with Crippen molar-refractivity contribution in [1.29, 1.82) is 0 Å². The number of hydrogen-bond donors (Lipinski definition) is 2. The zero-order valence-electron chi connectivity index (χ0n) is 21.8. The van der Waals surface area contributed by atoms with Gasteiger partial charge in [-0.2, -0.15) is 0 Å². The van der Waals surface area contributed by atoms with Crippen molar-refractivity contribution in [3.05, 3.63) is 68.0 Å². The van der Waals surface area contributed by atoms with E-state index < -0.39 is 11.9 Å². The molecule has 10 heteroatoms. The lowest BCUT2D eigenvalue weighted by molar-refractivity contribution is -0.132. The van der Waals surface area contributed by atoms with Crippen LogP contribution in [0.2, 0.25) is 10.0 Å². The number of methoxy groups -OCH3 is 1. The number of carboxylic acid groups (broad SMARTS) is 1. The molecule has 0 saturated heterocycles. The molecule has 0 saturated carbocycles. The van der Waals surface area contributed by atoms with Gasteiger partial charge in [0.2, 0.25) is 0 Å². The number of carbonyl (C=O) groups is 2. The molecular weight excluding hydrogens is 547 g/mol. The molecule has 0 aliphatic rings. The highest BCUT2D eigenvalue weighted by Gasteiger charge is 2.22. The van der Waals surface area contributed by atoms with Crippen LogP contribution in [0.15, 0.2) is 41.3 Å². The quantitative estimate of drug-likeness (QED) is 0.224. The van der Waals surface area contributed by atoms with Gasteiger partial charge in [0.25, 0.3) is 5.91 Å². The molecule has 202 valence electrons. The Bertz CT molecular complexity index is 1330. The van der Waals surface area contributed by atoms with E-state index in [1.54, 1.807) is 7.11 Å². The van der Waals surface area contributed by atoms with Gasteiger partial charge in [-0.1, -0.05) is 49.2 Å². The molecule has 3 rings (SSSR count). The number of hydrogen-bond acceptors (Lipinski definition) is 6. The second kappa shape index (κ2) is 13.2. The lowest BCUT2D eigenvalue weighted by Gasteiger charge is -2.23. The van der Waals surface area contributed by atoms with Gasteiger partial charge in [0.05, 0.1) is 29.0 Å². The van der Waals surface area contributed by atoms with E-state index in [0.717, 1.165) is 17.5 Å². The minimum atomic E-state index is -1.09. The molecule has 3 aromatic rings. The second-order valence-electron chi connectivity index (χ2n) is 8.98. The van der Waals surface area contributed by atoms with Crippen LogP contribution in [0.1, 0.15) is 61.7 Å². The molecule has 0 aliphatic heterocycles. The molecule has 2 aromatic carbocycles. The first kappa shape index (κ1) is 29.6. The molecule has 0 bridgehead atoms. The molecular formula is C28H30Cl2N2O5S. The first-order chi connectivity index (χ1) is 18.0. The first-order valence-electron chi connectivity index (χ1n) is 12.0. The van der Waals surface area contributed by atoms with E-state index >= 15 is 0 Å². The minimum absolute atomic E-state index is 0.0672. The van der Waals surface area contributed by atoms with E-state index in [1.807, 2.05) is 30.5 Å². The maximum atomic E-state index is 12.9. The summed E-state index contributed by atoms with van der Waals surface area (Å²) in [6.07, 6.45) is 2.10. The van der Waals surface area contributed by atoms with Crippen molar-refractivity contribution in [1.82, 2.24) is 4.98 Å². The highest BCUT2D eigenvalue weighted by Crippen LogP contribution is 2.40. The molecule has 0 unspecified atom stereocenters. The number of carboxylic acids is 1. The van der Waals surface area contributed by atoms with Gasteiger partial charge in [-0.05, 0) is 50.5 Å². The summed E-state index contributed by atoms with van der Waals surface area (Å²) < 4.78 is 11.8. The number of halogens is 2. The number of aliphatic carboxylic acids is 1. The molecule has 1 heterocycles. The van der Waals surface area contributed by atoms with Gasteiger partial charge in [0.1, 0.15) is 5.75 Å². The van der Waals surface area contributed by atoms with Crippen molar-refractivity contribution < 1.29 is 24.2 Å². The van der Waals surface area contributed by atoms with Crippen LogP contribution in [-0.4, -0.2) is 35.7 Å². The Kier molecular flexibility index (Phi) is 10.3. The molecule has 0 spiro atoms. The highest BCUT2D eigenvalue weighted by atomic mass is 35.5. The smallest absolute Gasteiger partial charge is 0.331 e. The number of rotatable bonds is 11. The summed E-state index contributed by atoms with van der Waals surface area (Å²) in [5.41, 5.74) is 3.02. The lowest BCUT2D eigenvalue weighted by atomic mass is 9.96. The third-order valence-corrected chi connectivity index (χ3v) is 7.07. The summed E-state index contributed by atoms with van der Waals surface area (Å²) >= 11 is 13.9.